The van der Waals surface area contributed by atoms with Crippen LogP contribution in [0.4, 0.5) is 5.95 Å². The second-order valence-electron chi connectivity index (χ2n) is 4.11. The monoisotopic (exact) mass is 221 g/mol. The van der Waals surface area contributed by atoms with Crippen LogP contribution in [0.15, 0.2) is 24.3 Å². The number of imidazole rings is 1. The molecule has 0 spiro atoms. The SMILES string of the molecule is CC(O)(CO)CNc1nc2ccccc2[nH]1. The van der Waals surface area contributed by atoms with Crippen molar-refractivity contribution in [3.05, 3.63) is 24.3 Å². The van der Waals surface area contributed by atoms with E-state index in [-0.39, 0.29) is 13.2 Å². The Kier molecular flexibility index (Phi) is 2.80. The number of nitrogens with one attached hydrogen (secondary N) is 2. The van der Waals surface area contributed by atoms with E-state index < -0.39 is 5.60 Å². The van der Waals surface area contributed by atoms with Gasteiger partial charge in [-0.05, 0) is 19.1 Å². The van der Waals surface area contributed by atoms with Gasteiger partial charge in [-0.1, -0.05) is 12.1 Å². The molecule has 1 atom stereocenters. The van der Waals surface area contributed by atoms with Crippen molar-refractivity contribution in [3.63, 3.8) is 0 Å². The van der Waals surface area contributed by atoms with Gasteiger partial charge in [0.1, 0.15) is 5.60 Å². The lowest BCUT2D eigenvalue weighted by Crippen LogP contribution is -2.37. The van der Waals surface area contributed by atoms with Crippen LogP contribution in [-0.4, -0.2) is 38.9 Å². The first-order chi connectivity index (χ1) is 7.61. The molecule has 0 saturated carbocycles. The standard InChI is InChI=1S/C11H15N3O2/c1-11(16,7-15)6-12-10-13-8-4-2-3-5-9(8)14-10/h2-5,15-16H,6-7H2,1H3,(H2,12,13,14). The molecule has 1 heterocycles. The van der Waals surface area contributed by atoms with Gasteiger partial charge >= 0.3 is 0 Å². The number of nitrogens with zero attached hydrogens (tertiary/aromatic N) is 1. The summed E-state index contributed by atoms with van der Waals surface area (Å²) in [5, 5.41) is 21.4. The lowest BCUT2D eigenvalue weighted by molar-refractivity contribution is 0.0131. The Hall–Kier alpha value is -1.59. The Balaban J connectivity index is 2.10. The minimum atomic E-state index is -1.14. The first-order valence-corrected chi connectivity index (χ1v) is 5.13. The molecule has 1 aromatic heterocycles. The molecular weight excluding hydrogens is 206 g/mol. The molecule has 0 aliphatic carbocycles. The molecule has 4 N–H and O–H groups in total. The molecule has 5 nitrogen and oxygen atoms in total. The molecule has 0 amide bonds. The molecule has 2 rings (SSSR count). The Morgan fingerprint density at radius 3 is 2.88 bits per heavy atom. The highest BCUT2D eigenvalue weighted by Gasteiger charge is 2.18. The van der Waals surface area contributed by atoms with Crippen LogP contribution in [-0.2, 0) is 0 Å². The molecule has 86 valence electrons. The average molecular weight is 221 g/mol. The third-order valence-corrected chi connectivity index (χ3v) is 2.37. The van der Waals surface area contributed by atoms with E-state index in [9.17, 15) is 5.11 Å². The number of hydrogen-bond acceptors (Lipinski definition) is 4. The summed E-state index contributed by atoms with van der Waals surface area (Å²) in [7, 11) is 0. The molecule has 0 saturated heterocycles. The first kappa shape index (κ1) is 10.9. The van der Waals surface area contributed by atoms with Crippen molar-refractivity contribution >= 4 is 17.0 Å². The summed E-state index contributed by atoms with van der Waals surface area (Å²) < 4.78 is 0. The van der Waals surface area contributed by atoms with Crippen molar-refractivity contribution in [2.24, 2.45) is 0 Å². The first-order valence-electron chi connectivity index (χ1n) is 5.13. The zero-order valence-corrected chi connectivity index (χ0v) is 9.07. The Bertz CT molecular complexity index is 446. The highest BCUT2D eigenvalue weighted by Crippen LogP contribution is 2.13. The molecular formula is C11H15N3O2. The third-order valence-electron chi connectivity index (χ3n) is 2.37. The van der Waals surface area contributed by atoms with Gasteiger partial charge in [0.15, 0.2) is 0 Å². The second kappa shape index (κ2) is 4.11. The minimum absolute atomic E-state index is 0.239. The molecule has 2 aromatic rings. The summed E-state index contributed by atoms with van der Waals surface area (Å²) in [5.74, 6) is 0.593. The predicted molar refractivity (Wildman–Crippen MR) is 62.3 cm³/mol. The molecule has 5 heteroatoms. The van der Waals surface area contributed by atoms with E-state index in [0.717, 1.165) is 11.0 Å². The van der Waals surface area contributed by atoms with Gasteiger partial charge in [0.2, 0.25) is 5.95 Å². The van der Waals surface area contributed by atoms with Crippen LogP contribution in [0.2, 0.25) is 0 Å². The Morgan fingerprint density at radius 2 is 2.19 bits per heavy atom. The molecule has 16 heavy (non-hydrogen) atoms. The van der Waals surface area contributed by atoms with Crippen molar-refractivity contribution in [3.8, 4) is 0 Å². The zero-order chi connectivity index (χ0) is 11.6. The van der Waals surface area contributed by atoms with Gasteiger partial charge in [0.25, 0.3) is 0 Å². The van der Waals surface area contributed by atoms with Crippen molar-refractivity contribution in [1.29, 1.82) is 0 Å². The number of aliphatic hydroxyl groups is 2. The number of aliphatic hydroxyl groups excluding tert-OH is 1. The highest BCUT2D eigenvalue weighted by molar-refractivity contribution is 5.77. The van der Waals surface area contributed by atoms with Crippen LogP contribution in [0.3, 0.4) is 0 Å². The summed E-state index contributed by atoms with van der Waals surface area (Å²) in [6.07, 6.45) is 0. The van der Waals surface area contributed by atoms with Gasteiger partial charge in [-0.3, -0.25) is 0 Å². The topological polar surface area (TPSA) is 81.2 Å². The number of fused-ring (bicyclic) bond motifs is 1. The summed E-state index contributed by atoms with van der Waals surface area (Å²) in [4.78, 5) is 7.37. The lowest BCUT2D eigenvalue weighted by atomic mass is 10.1. The van der Waals surface area contributed by atoms with Crippen LogP contribution in [0.5, 0.6) is 0 Å². The van der Waals surface area contributed by atoms with Crippen LogP contribution < -0.4 is 5.32 Å². The largest absolute Gasteiger partial charge is 0.393 e. The molecule has 0 fully saturated rings. The number of rotatable bonds is 4. The number of aromatic nitrogens is 2. The Morgan fingerprint density at radius 1 is 1.44 bits per heavy atom. The van der Waals surface area contributed by atoms with E-state index in [1.807, 2.05) is 24.3 Å². The van der Waals surface area contributed by atoms with Crippen molar-refractivity contribution in [1.82, 2.24) is 9.97 Å². The van der Waals surface area contributed by atoms with Crippen molar-refractivity contribution in [2.45, 2.75) is 12.5 Å². The van der Waals surface area contributed by atoms with Crippen molar-refractivity contribution in [2.75, 3.05) is 18.5 Å². The molecule has 0 aliphatic heterocycles. The summed E-state index contributed by atoms with van der Waals surface area (Å²) in [6.45, 7) is 1.51. The van der Waals surface area contributed by atoms with E-state index >= 15 is 0 Å². The maximum Gasteiger partial charge on any atom is 0.201 e. The van der Waals surface area contributed by atoms with E-state index in [1.54, 1.807) is 6.92 Å². The van der Waals surface area contributed by atoms with Gasteiger partial charge in [0.05, 0.1) is 17.6 Å². The summed E-state index contributed by atoms with van der Waals surface area (Å²) in [5.41, 5.74) is 0.668. The normalized spacial score (nSPS) is 14.9. The van der Waals surface area contributed by atoms with Crippen LogP contribution in [0.1, 0.15) is 6.92 Å². The van der Waals surface area contributed by atoms with Gasteiger partial charge in [-0.2, -0.15) is 0 Å². The zero-order valence-electron chi connectivity index (χ0n) is 9.07. The molecule has 1 unspecified atom stereocenters. The lowest BCUT2D eigenvalue weighted by Gasteiger charge is -2.20. The summed E-state index contributed by atoms with van der Waals surface area (Å²) in [6, 6.07) is 7.67. The number of benzene rings is 1. The fourth-order valence-electron chi connectivity index (χ4n) is 1.37. The maximum absolute atomic E-state index is 9.61. The number of para-hydroxylation sites is 2. The predicted octanol–water partition coefficient (Wildman–Crippen LogP) is 0.718. The molecule has 0 aliphatic rings. The fraction of sp³-hybridized carbons (Fsp3) is 0.364. The maximum atomic E-state index is 9.61. The number of hydrogen-bond donors (Lipinski definition) is 4. The number of H-pyrrole nitrogens is 1. The van der Waals surface area contributed by atoms with Crippen LogP contribution in [0, 0.1) is 0 Å². The number of anilines is 1. The van der Waals surface area contributed by atoms with Crippen LogP contribution >= 0.6 is 0 Å². The van der Waals surface area contributed by atoms with E-state index in [4.69, 9.17) is 5.11 Å². The highest BCUT2D eigenvalue weighted by atomic mass is 16.3. The van der Waals surface area contributed by atoms with Gasteiger partial charge in [0, 0.05) is 6.54 Å². The second-order valence-corrected chi connectivity index (χ2v) is 4.11. The van der Waals surface area contributed by atoms with Gasteiger partial charge < -0.3 is 20.5 Å². The third kappa shape index (κ3) is 2.32. The van der Waals surface area contributed by atoms with Crippen molar-refractivity contribution < 1.29 is 10.2 Å². The molecule has 0 radical (unpaired) electrons. The van der Waals surface area contributed by atoms with E-state index in [0.29, 0.717) is 5.95 Å². The van der Waals surface area contributed by atoms with Gasteiger partial charge in [-0.15, -0.1) is 0 Å². The fourth-order valence-corrected chi connectivity index (χ4v) is 1.37. The summed E-state index contributed by atoms with van der Waals surface area (Å²) >= 11 is 0. The Labute approximate surface area is 93.1 Å². The quantitative estimate of drug-likeness (QED) is 0.613. The van der Waals surface area contributed by atoms with Gasteiger partial charge in [-0.25, -0.2) is 4.98 Å². The average Bonchev–Trinajstić information content (AvgIpc) is 2.69. The molecule has 1 aromatic carbocycles. The molecule has 0 bridgehead atoms. The van der Waals surface area contributed by atoms with E-state index in [1.165, 1.54) is 0 Å². The number of aromatic amines is 1. The van der Waals surface area contributed by atoms with E-state index in [2.05, 4.69) is 15.3 Å². The van der Waals surface area contributed by atoms with Crippen LogP contribution in [0.25, 0.3) is 11.0 Å². The smallest absolute Gasteiger partial charge is 0.201 e. The minimum Gasteiger partial charge on any atom is -0.393 e.